The molecule has 0 bridgehead atoms. The minimum atomic E-state index is -4.24. The molecule has 7 nitrogen and oxygen atoms in total. The Morgan fingerprint density at radius 2 is 1.84 bits per heavy atom. The van der Waals surface area contributed by atoms with Gasteiger partial charge in [-0.3, -0.25) is 4.79 Å². The van der Waals surface area contributed by atoms with Gasteiger partial charge in [0.15, 0.2) is 5.75 Å². The van der Waals surface area contributed by atoms with Crippen LogP contribution in [0.4, 0.5) is 0 Å². The van der Waals surface area contributed by atoms with E-state index in [1.165, 1.54) is 19.2 Å². The lowest BCUT2D eigenvalue weighted by molar-refractivity contribution is -0.146. The number of rotatable bonds is 8. The van der Waals surface area contributed by atoms with E-state index in [1.807, 2.05) is 26.8 Å². The van der Waals surface area contributed by atoms with Gasteiger partial charge in [0.1, 0.15) is 17.1 Å². The van der Waals surface area contributed by atoms with Crippen molar-refractivity contribution < 1.29 is 31.7 Å². The molecule has 1 aliphatic carbocycles. The van der Waals surface area contributed by atoms with E-state index in [0.717, 1.165) is 36.0 Å². The molecule has 2 atom stereocenters. The number of fused-ring (bicyclic) bond motifs is 1. The third-order valence-corrected chi connectivity index (χ3v) is 8.71. The van der Waals surface area contributed by atoms with Crippen LogP contribution in [0.25, 0.3) is 6.08 Å². The van der Waals surface area contributed by atoms with E-state index < -0.39 is 16.1 Å². The lowest BCUT2D eigenvalue weighted by atomic mass is 9.86. The second-order valence-electron chi connectivity index (χ2n) is 9.65. The average molecular weight is 525 g/mol. The second-order valence-corrected chi connectivity index (χ2v) is 11.2. The Bertz CT molecular complexity index is 1380. The van der Waals surface area contributed by atoms with Crippen molar-refractivity contribution in [3.63, 3.8) is 0 Å². The summed E-state index contributed by atoms with van der Waals surface area (Å²) in [7, 11) is -2.84. The molecule has 2 unspecified atom stereocenters. The normalized spacial score (nSPS) is 19.4. The monoisotopic (exact) mass is 524 g/mol. The first-order valence-electron chi connectivity index (χ1n) is 12.3. The Morgan fingerprint density at radius 3 is 2.49 bits per heavy atom. The molecular weight excluding hydrogens is 492 g/mol. The average Bonchev–Trinajstić information content (AvgIpc) is 3.51. The van der Waals surface area contributed by atoms with Gasteiger partial charge < -0.3 is 13.7 Å². The Hall–Kier alpha value is -3.39. The highest BCUT2D eigenvalue weighted by Gasteiger charge is 2.36. The molecule has 4 rings (SSSR count). The van der Waals surface area contributed by atoms with Gasteiger partial charge >= 0.3 is 22.1 Å². The van der Waals surface area contributed by atoms with Crippen LogP contribution in [0.3, 0.4) is 0 Å². The van der Waals surface area contributed by atoms with Crippen LogP contribution in [0, 0.1) is 25.7 Å². The van der Waals surface area contributed by atoms with Crippen LogP contribution in [0.5, 0.6) is 5.75 Å². The number of hydrogen-bond acceptors (Lipinski definition) is 7. The summed E-state index contributed by atoms with van der Waals surface area (Å²) in [5, 5.41) is 0. The van der Waals surface area contributed by atoms with Crippen LogP contribution in [0.2, 0.25) is 0 Å². The van der Waals surface area contributed by atoms with E-state index in [9.17, 15) is 18.0 Å². The van der Waals surface area contributed by atoms with Crippen molar-refractivity contribution in [2.45, 2.75) is 58.0 Å². The fraction of sp³-hybridized carbons (Fsp3) is 0.379. The highest BCUT2D eigenvalue weighted by molar-refractivity contribution is 7.87. The minimum Gasteiger partial charge on any atom is -0.469 e. The van der Waals surface area contributed by atoms with Gasteiger partial charge in [-0.25, -0.2) is 4.79 Å². The Kier molecular flexibility index (Phi) is 7.59. The maximum absolute atomic E-state index is 13.3. The maximum Gasteiger partial charge on any atom is 0.342 e. The van der Waals surface area contributed by atoms with Crippen molar-refractivity contribution in [3.05, 3.63) is 75.9 Å². The van der Waals surface area contributed by atoms with Crippen LogP contribution in [-0.4, -0.2) is 27.5 Å². The van der Waals surface area contributed by atoms with Crippen LogP contribution in [0.15, 0.2) is 47.4 Å². The van der Waals surface area contributed by atoms with E-state index in [1.54, 1.807) is 18.2 Å². The lowest BCUT2D eigenvalue weighted by Crippen LogP contribution is -2.21. The molecule has 0 amide bonds. The fourth-order valence-electron chi connectivity index (χ4n) is 5.38. The maximum atomic E-state index is 13.3. The standard InChI is InChI=1S/C29H32O7S/c1-6-21-19(4)25-16-35-29(31)26(25)27(36-37(32,33)20-13-10-17(2)11-14-20)23(21)15-12-18(3)22-8-7-9-24(22)28(30)34-5/h6,10-14,22,24H,1,7-9,15-16H2,2-5H3. The highest BCUT2D eigenvalue weighted by atomic mass is 32.2. The Balaban J connectivity index is 1.80. The number of allylic oxidation sites excluding steroid dienone is 2. The third kappa shape index (κ3) is 5.07. The van der Waals surface area contributed by atoms with Crippen LogP contribution in [-0.2, 0) is 37.4 Å². The van der Waals surface area contributed by atoms with Crippen molar-refractivity contribution in [2.75, 3.05) is 7.11 Å². The molecule has 8 heteroatoms. The molecule has 1 heterocycles. The van der Waals surface area contributed by atoms with E-state index in [4.69, 9.17) is 13.7 Å². The summed E-state index contributed by atoms with van der Waals surface area (Å²) in [6, 6.07) is 6.32. The fourth-order valence-corrected chi connectivity index (χ4v) is 6.35. The third-order valence-electron chi connectivity index (χ3n) is 7.48. The van der Waals surface area contributed by atoms with Crippen molar-refractivity contribution in [2.24, 2.45) is 11.8 Å². The number of esters is 2. The van der Waals surface area contributed by atoms with Gasteiger partial charge in [-0.2, -0.15) is 8.42 Å². The van der Waals surface area contributed by atoms with Crippen molar-refractivity contribution in [1.82, 2.24) is 0 Å². The summed E-state index contributed by atoms with van der Waals surface area (Å²) in [4.78, 5) is 25.0. The lowest BCUT2D eigenvalue weighted by Gasteiger charge is -2.20. The topological polar surface area (TPSA) is 96.0 Å². The van der Waals surface area contributed by atoms with E-state index in [2.05, 4.69) is 6.58 Å². The van der Waals surface area contributed by atoms with Gasteiger partial charge in [-0.05, 0) is 69.2 Å². The molecule has 0 N–H and O–H groups in total. The molecule has 2 aromatic rings. The van der Waals surface area contributed by atoms with Crippen LogP contribution >= 0.6 is 0 Å². The molecular formula is C29H32O7S. The summed E-state index contributed by atoms with van der Waals surface area (Å²) >= 11 is 0. The number of carbonyl (C=O) groups is 2. The van der Waals surface area contributed by atoms with Crippen molar-refractivity contribution in [3.8, 4) is 5.75 Å². The number of ether oxygens (including phenoxy) is 2. The quantitative estimate of drug-likeness (QED) is 0.257. The van der Waals surface area contributed by atoms with E-state index in [-0.39, 0.29) is 47.0 Å². The molecule has 0 aromatic heterocycles. The zero-order valence-corrected chi connectivity index (χ0v) is 22.4. The minimum absolute atomic E-state index is 0.0107. The summed E-state index contributed by atoms with van der Waals surface area (Å²) in [6.07, 6.45) is 6.49. The van der Waals surface area contributed by atoms with Gasteiger partial charge in [0.25, 0.3) is 0 Å². The number of benzene rings is 2. The predicted molar refractivity (Wildman–Crippen MR) is 140 cm³/mol. The first-order chi connectivity index (χ1) is 17.6. The number of carbonyl (C=O) groups excluding carboxylic acids is 2. The van der Waals surface area contributed by atoms with Crippen molar-refractivity contribution in [1.29, 1.82) is 0 Å². The van der Waals surface area contributed by atoms with Gasteiger partial charge in [-0.1, -0.05) is 48.4 Å². The zero-order chi connectivity index (χ0) is 26.9. The van der Waals surface area contributed by atoms with Gasteiger partial charge in [0.2, 0.25) is 0 Å². The molecule has 2 aliphatic rings. The Morgan fingerprint density at radius 1 is 1.16 bits per heavy atom. The van der Waals surface area contributed by atoms with Crippen molar-refractivity contribution >= 4 is 28.1 Å². The van der Waals surface area contributed by atoms with Gasteiger partial charge in [0, 0.05) is 11.1 Å². The number of aryl methyl sites for hydroxylation is 1. The highest BCUT2D eigenvalue weighted by Crippen LogP contribution is 2.42. The summed E-state index contributed by atoms with van der Waals surface area (Å²) in [6.45, 7) is 9.67. The summed E-state index contributed by atoms with van der Waals surface area (Å²) < 4.78 is 42.6. The molecule has 37 heavy (non-hydrogen) atoms. The zero-order valence-electron chi connectivity index (χ0n) is 21.6. The number of cyclic esters (lactones) is 1. The smallest absolute Gasteiger partial charge is 0.342 e. The van der Waals surface area contributed by atoms with E-state index in [0.29, 0.717) is 16.7 Å². The molecule has 1 fully saturated rings. The molecule has 1 aliphatic heterocycles. The number of methoxy groups -OCH3 is 1. The van der Waals surface area contributed by atoms with Crippen LogP contribution < -0.4 is 4.18 Å². The molecule has 1 saturated carbocycles. The molecule has 0 saturated heterocycles. The van der Waals surface area contributed by atoms with Gasteiger partial charge in [-0.15, -0.1) is 0 Å². The summed E-state index contributed by atoms with van der Waals surface area (Å²) in [5.41, 5.74) is 4.68. The largest absolute Gasteiger partial charge is 0.469 e. The molecule has 0 spiro atoms. The first-order valence-corrected chi connectivity index (χ1v) is 13.7. The summed E-state index contributed by atoms with van der Waals surface area (Å²) in [5.74, 6) is -1.02. The van der Waals surface area contributed by atoms with Crippen LogP contribution in [0.1, 0.15) is 64.4 Å². The second kappa shape index (κ2) is 10.5. The predicted octanol–water partition coefficient (Wildman–Crippen LogP) is 5.46. The SMILES string of the molecule is C=Cc1c(C)c2c(c(OS(=O)(=O)c3ccc(C)cc3)c1CC=C(C)C1CCCC1C(=O)OC)C(=O)OC2. The van der Waals surface area contributed by atoms with E-state index >= 15 is 0 Å². The van der Waals surface area contributed by atoms with Gasteiger partial charge in [0.05, 0.1) is 13.0 Å². The first kappa shape index (κ1) is 26.7. The Labute approximate surface area is 218 Å². The molecule has 0 radical (unpaired) electrons. The molecule has 196 valence electrons. The molecule has 2 aromatic carbocycles. The number of hydrogen-bond donors (Lipinski definition) is 0.